The van der Waals surface area contributed by atoms with Gasteiger partial charge in [-0.05, 0) is 19.1 Å². The van der Waals surface area contributed by atoms with Crippen molar-refractivity contribution in [3.63, 3.8) is 0 Å². The van der Waals surface area contributed by atoms with Crippen molar-refractivity contribution in [2.24, 2.45) is 0 Å². The molecule has 3 nitrogen and oxygen atoms in total. The molecule has 1 rings (SSSR count). The van der Waals surface area contributed by atoms with Crippen molar-refractivity contribution in [2.75, 3.05) is 18.4 Å². The Bertz CT molecular complexity index is 333. The molecule has 0 atom stereocenters. The van der Waals surface area contributed by atoms with Crippen LogP contribution >= 0.6 is 0 Å². The van der Waals surface area contributed by atoms with Crippen LogP contribution in [0, 0.1) is 0 Å². The van der Waals surface area contributed by atoms with Gasteiger partial charge in [0, 0.05) is 24.4 Å². The van der Waals surface area contributed by atoms with Gasteiger partial charge in [0.15, 0.2) is 0 Å². The normalized spacial score (nSPS) is 9.40. The molecule has 0 fully saturated rings. The summed E-state index contributed by atoms with van der Waals surface area (Å²) < 4.78 is 0. The van der Waals surface area contributed by atoms with Crippen LogP contribution in [0.1, 0.15) is 6.92 Å². The zero-order valence-corrected chi connectivity index (χ0v) is 8.92. The highest BCUT2D eigenvalue weighted by atomic mass is 16.1. The van der Waals surface area contributed by atoms with Crippen LogP contribution in [0.5, 0.6) is 0 Å². The van der Waals surface area contributed by atoms with Crippen LogP contribution in [0.3, 0.4) is 0 Å². The molecule has 0 unspecified atom stereocenters. The van der Waals surface area contributed by atoms with Gasteiger partial charge < -0.3 is 10.6 Å². The highest BCUT2D eigenvalue weighted by Gasteiger charge is 1.98. The zero-order chi connectivity index (χ0) is 11.1. The molecule has 0 aromatic heterocycles. The number of nitrogens with one attached hydrogen (secondary N) is 2. The molecule has 0 radical (unpaired) electrons. The van der Waals surface area contributed by atoms with Crippen LogP contribution in [0.2, 0.25) is 0 Å². The van der Waals surface area contributed by atoms with Crippen LogP contribution in [-0.2, 0) is 4.79 Å². The van der Waals surface area contributed by atoms with E-state index >= 15 is 0 Å². The van der Waals surface area contributed by atoms with Crippen molar-refractivity contribution in [1.29, 1.82) is 0 Å². The molecule has 0 heterocycles. The van der Waals surface area contributed by atoms with E-state index in [9.17, 15) is 4.79 Å². The number of hydrogen-bond donors (Lipinski definition) is 2. The molecule has 15 heavy (non-hydrogen) atoms. The largest absolute Gasteiger partial charge is 0.383 e. The average molecular weight is 204 g/mol. The van der Waals surface area contributed by atoms with E-state index in [1.54, 1.807) is 6.92 Å². The molecular weight excluding hydrogens is 188 g/mol. The average Bonchev–Trinajstić information content (AvgIpc) is 2.25. The van der Waals surface area contributed by atoms with E-state index in [2.05, 4.69) is 17.2 Å². The van der Waals surface area contributed by atoms with Gasteiger partial charge in [-0.15, -0.1) is 0 Å². The van der Waals surface area contributed by atoms with E-state index in [-0.39, 0.29) is 5.91 Å². The van der Waals surface area contributed by atoms with Crippen molar-refractivity contribution < 1.29 is 4.79 Å². The molecule has 0 spiro atoms. The van der Waals surface area contributed by atoms with Crippen LogP contribution in [-0.4, -0.2) is 19.0 Å². The van der Waals surface area contributed by atoms with E-state index in [0.717, 1.165) is 5.69 Å². The minimum absolute atomic E-state index is 0.0927. The summed E-state index contributed by atoms with van der Waals surface area (Å²) in [4.78, 5) is 11.1. The maximum atomic E-state index is 11.1. The number of carbonyl (C=O) groups is 1. The molecule has 0 aliphatic carbocycles. The molecule has 0 saturated heterocycles. The number of anilines is 1. The maximum absolute atomic E-state index is 11.1. The Morgan fingerprint density at radius 1 is 1.27 bits per heavy atom. The first-order chi connectivity index (χ1) is 7.20. The van der Waals surface area contributed by atoms with Crippen molar-refractivity contribution in [1.82, 2.24) is 5.32 Å². The van der Waals surface area contributed by atoms with Crippen molar-refractivity contribution in [2.45, 2.75) is 6.92 Å². The Morgan fingerprint density at radius 3 is 2.53 bits per heavy atom. The van der Waals surface area contributed by atoms with E-state index in [4.69, 9.17) is 0 Å². The van der Waals surface area contributed by atoms with Crippen LogP contribution in [0.4, 0.5) is 5.69 Å². The van der Waals surface area contributed by atoms with Gasteiger partial charge >= 0.3 is 0 Å². The smallest absolute Gasteiger partial charge is 0.246 e. The Labute approximate surface area is 90.2 Å². The van der Waals surface area contributed by atoms with Gasteiger partial charge in [0.1, 0.15) is 0 Å². The first-order valence-electron chi connectivity index (χ1n) is 4.93. The van der Waals surface area contributed by atoms with Crippen molar-refractivity contribution in [3.8, 4) is 0 Å². The monoisotopic (exact) mass is 204 g/mol. The van der Waals surface area contributed by atoms with Gasteiger partial charge in [0.2, 0.25) is 5.91 Å². The van der Waals surface area contributed by atoms with E-state index in [1.807, 2.05) is 30.3 Å². The predicted molar refractivity (Wildman–Crippen MR) is 62.8 cm³/mol. The molecule has 3 heteroatoms. The highest BCUT2D eigenvalue weighted by molar-refractivity contribution is 5.92. The number of benzene rings is 1. The predicted octanol–water partition coefficient (Wildman–Crippen LogP) is 1.79. The first kappa shape index (κ1) is 11.3. The fourth-order valence-corrected chi connectivity index (χ4v) is 1.09. The lowest BCUT2D eigenvalue weighted by Gasteiger charge is -2.07. The first-order valence-corrected chi connectivity index (χ1v) is 4.93. The summed E-state index contributed by atoms with van der Waals surface area (Å²) in [6.45, 7) is 6.56. The van der Waals surface area contributed by atoms with Gasteiger partial charge in [-0.1, -0.05) is 24.8 Å². The molecule has 80 valence electrons. The third kappa shape index (κ3) is 4.31. The van der Waals surface area contributed by atoms with Crippen LogP contribution in [0.15, 0.2) is 42.5 Å². The van der Waals surface area contributed by atoms with Crippen molar-refractivity contribution >= 4 is 11.6 Å². The minimum Gasteiger partial charge on any atom is -0.383 e. The summed E-state index contributed by atoms with van der Waals surface area (Å²) in [5.41, 5.74) is 1.59. The molecule has 1 amide bonds. The Kier molecular flexibility index (Phi) is 4.41. The quantitative estimate of drug-likeness (QED) is 0.567. The van der Waals surface area contributed by atoms with Gasteiger partial charge in [-0.25, -0.2) is 0 Å². The van der Waals surface area contributed by atoms with E-state index in [1.165, 1.54) is 0 Å². The molecule has 0 aliphatic heterocycles. The fourth-order valence-electron chi connectivity index (χ4n) is 1.09. The Hall–Kier alpha value is -1.77. The second-order valence-electron chi connectivity index (χ2n) is 3.33. The lowest BCUT2D eigenvalue weighted by molar-refractivity contribution is -0.117. The number of amides is 1. The highest BCUT2D eigenvalue weighted by Crippen LogP contribution is 2.03. The van der Waals surface area contributed by atoms with Gasteiger partial charge in [0.05, 0.1) is 0 Å². The standard InChI is InChI=1S/C12H16N2O/c1-10(2)12(15)14-9-8-13-11-6-4-3-5-7-11/h3-7,13H,1,8-9H2,2H3,(H,14,15). The third-order valence-electron chi connectivity index (χ3n) is 1.90. The molecule has 0 aliphatic rings. The molecule has 2 N–H and O–H groups in total. The second kappa shape index (κ2) is 5.86. The summed E-state index contributed by atoms with van der Waals surface area (Å²) in [5, 5.41) is 5.95. The lowest BCUT2D eigenvalue weighted by Crippen LogP contribution is -2.28. The number of carbonyl (C=O) groups excluding carboxylic acids is 1. The van der Waals surface area contributed by atoms with E-state index < -0.39 is 0 Å². The lowest BCUT2D eigenvalue weighted by atomic mass is 10.3. The molecular formula is C12H16N2O. The van der Waals surface area contributed by atoms with Gasteiger partial charge in [-0.2, -0.15) is 0 Å². The second-order valence-corrected chi connectivity index (χ2v) is 3.33. The molecule has 0 saturated carbocycles. The van der Waals surface area contributed by atoms with Crippen molar-refractivity contribution in [3.05, 3.63) is 42.5 Å². The van der Waals surface area contributed by atoms with Crippen LogP contribution < -0.4 is 10.6 Å². The van der Waals surface area contributed by atoms with Crippen LogP contribution in [0.25, 0.3) is 0 Å². The molecule has 1 aromatic rings. The summed E-state index contributed by atoms with van der Waals surface area (Å²) in [6.07, 6.45) is 0. The topological polar surface area (TPSA) is 41.1 Å². The SMILES string of the molecule is C=C(C)C(=O)NCCNc1ccccc1. The number of para-hydroxylation sites is 1. The third-order valence-corrected chi connectivity index (χ3v) is 1.90. The molecule has 1 aromatic carbocycles. The summed E-state index contributed by atoms with van der Waals surface area (Å²) in [7, 11) is 0. The maximum Gasteiger partial charge on any atom is 0.246 e. The zero-order valence-electron chi connectivity index (χ0n) is 8.92. The summed E-state index contributed by atoms with van der Waals surface area (Å²) in [5.74, 6) is -0.0927. The van der Waals surface area contributed by atoms with Gasteiger partial charge in [0.25, 0.3) is 0 Å². The molecule has 0 bridgehead atoms. The summed E-state index contributed by atoms with van der Waals surface area (Å²) in [6, 6.07) is 9.87. The number of rotatable bonds is 5. The summed E-state index contributed by atoms with van der Waals surface area (Å²) >= 11 is 0. The van der Waals surface area contributed by atoms with E-state index in [0.29, 0.717) is 18.7 Å². The minimum atomic E-state index is -0.0927. The Morgan fingerprint density at radius 2 is 1.93 bits per heavy atom. The van der Waals surface area contributed by atoms with Gasteiger partial charge in [-0.3, -0.25) is 4.79 Å². The number of hydrogen-bond acceptors (Lipinski definition) is 2. The fraction of sp³-hybridized carbons (Fsp3) is 0.250. The Balaban J connectivity index is 2.18.